The van der Waals surface area contributed by atoms with Gasteiger partial charge in [0.15, 0.2) is 0 Å². The van der Waals surface area contributed by atoms with E-state index in [-0.39, 0.29) is 24.1 Å². The summed E-state index contributed by atoms with van der Waals surface area (Å²) in [5.41, 5.74) is 2.92. The molecule has 31 heavy (non-hydrogen) atoms. The van der Waals surface area contributed by atoms with Gasteiger partial charge in [-0.05, 0) is 62.4 Å². The second kappa shape index (κ2) is 8.71. The number of imide groups is 1. The third kappa shape index (κ3) is 4.13. The van der Waals surface area contributed by atoms with Crippen LogP contribution in [0.4, 0.5) is 0 Å². The lowest BCUT2D eigenvalue weighted by molar-refractivity contribution is -0.136. The maximum absolute atomic E-state index is 12.9. The molecule has 0 spiro atoms. The minimum Gasteiger partial charge on any atom is -0.322 e. The number of benzene rings is 1. The number of carbonyl (C=O) groups excluding carboxylic acids is 3. The van der Waals surface area contributed by atoms with Gasteiger partial charge in [0.05, 0.1) is 0 Å². The minimum absolute atomic E-state index is 0.0988. The lowest BCUT2D eigenvalue weighted by atomic mass is 9.90. The van der Waals surface area contributed by atoms with Crippen LogP contribution in [0, 0.1) is 0 Å². The summed E-state index contributed by atoms with van der Waals surface area (Å²) in [5.74, 6) is -0.705. The molecule has 0 aliphatic carbocycles. The van der Waals surface area contributed by atoms with Crippen LogP contribution < -0.4 is 10.6 Å². The van der Waals surface area contributed by atoms with Gasteiger partial charge in [-0.3, -0.25) is 24.6 Å². The number of hydrogen-bond donors (Lipinski definition) is 2. The van der Waals surface area contributed by atoms with Crippen molar-refractivity contribution < 1.29 is 14.4 Å². The van der Waals surface area contributed by atoms with E-state index in [0.29, 0.717) is 30.6 Å². The molecule has 3 amide bonds. The van der Waals surface area contributed by atoms with Crippen molar-refractivity contribution in [2.75, 3.05) is 13.1 Å². The molecule has 166 valence electrons. The third-order valence-corrected chi connectivity index (χ3v) is 7.45. The molecule has 3 atom stereocenters. The Bertz CT molecular complexity index is 880. The highest BCUT2D eigenvalue weighted by Crippen LogP contribution is 2.30. The van der Waals surface area contributed by atoms with Gasteiger partial charge in [0, 0.05) is 37.2 Å². The number of likely N-dealkylation sites (tertiary alicyclic amines) is 1. The quantitative estimate of drug-likeness (QED) is 0.722. The molecule has 4 aliphatic rings. The third-order valence-electron chi connectivity index (χ3n) is 7.45. The Kier molecular flexibility index (Phi) is 5.80. The largest absolute Gasteiger partial charge is 0.322 e. The van der Waals surface area contributed by atoms with E-state index >= 15 is 0 Å². The lowest BCUT2D eigenvalue weighted by Gasteiger charge is -2.42. The zero-order valence-corrected chi connectivity index (χ0v) is 18.1. The molecule has 0 aromatic heterocycles. The zero-order chi connectivity index (χ0) is 21.4. The maximum Gasteiger partial charge on any atom is 0.255 e. The Hall–Kier alpha value is -2.25. The van der Waals surface area contributed by atoms with Gasteiger partial charge in [-0.15, -0.1) is 0 Å². The van der Waals surface area contributed by atoms with Crippen LogP contribution in [0.1, 0.15) is 72.9 Å². The highest BCUT2D eigenvalue weighted by atomic mass is 16.2. The van der Waals surface area contributed by atoms with Crippen molar-refractivity contribution in [3.8, 4) is 0 Å². The van der Waals surface area contributed by atoms with Crippen LogP contribution in [0.3, 0.4) is 0 Å². The number of nitrogens with zero attached hydrogens (tertiary/aromatic N) is 2. The molecule has 3 unspecified atom stereocenters. The first-order chi connectivity index (χ1) is 15.1. The molecule has 1 aromatic rings. The molecule has 4 heterocycles. The van der Waals surface area contributed by atoms with Gasteiger partial charge >= 0.3 is 0 Å². The summed E-state index contributed by atoms with van der Waals surface area (Å²) in [6.07, 6.45) is 8.36. The number of piperidine rings is 3. The first-order valence-electron chi connectivity index (χ1n) is 11.8. The predicted octanol–water partition coefficient (Wildman–Crippen LogP) is 1.94. The van der Waals surface area contributed by atoms with E-state index in [9.17, 15) is 14.4 Å². The fraction of sp³-hybridized carbons (Fsp3) is 0.625. The summed E-state index contributed by atoms with van der Waals surface area (Å²) in [5, 5.41) is 6.12. The number of amides is 3. The lowest BCUT2D eigenvalue weighted by Crippen LogP contribution is -2.53. The second-order valence-corrected chi connectivity index (χ2v) is 9.48. The van der Waals surface area contributed by atoms with Crippen molar-refractivity contribution in [1.82, 2.24) is 20.4 Å². The van der Waals surface area contributed by atoms with E-state index in [0.717, 1.165) is 25.2 Å². The number of nitrogens with one attached hydrogen (secondary N) is 2. The van der Waals surface area contributed by atoms with Gasteiger partial charge in [-0.1, -0.05) is 25.0 Å². The topological polar surface area (TPSA) is 81.8 Å². The summed E-state index contributed by atoms with van der Waals surface area (Å²) in [6, 6.07) is 6.78. The van der Waals surface area contributed by atoms with Crippen LogP contribution in [-0.2, 0) is 22.7 Å². The summed E-state index contributed by atoms with van der Waals surface area (Å²) in [7, 11) is 0. The zero-order valence-electron chi connectivity index (χ0n) is 18.1. The Morgan fingerprint density at radius 1 is 1.00 bits per heavy atom. The molecule has 4 aliphatic heterocycles. The Morgan fingerprint density at radius 2 is 1.87 bits per heavy atom. The standard InChI is InChI=1S/C24H32N4O3/c29-22-10-9-21(23(30)26-22)28-15-17-13-16(7-8-18(17)24(28)31)14-27-12-4-2-6-20(27)19-5-1-3-11-25-19/h7-8,13,19-21,25H,1-6,9-12,14-15H2,(H,26,29,30). The normalized spacial score (nSPS) is 29.7. The van der Waals surface area contributed by atoms with Crippen molar-refractivity contribution >= 4 is 17.7 Å². The van der Waals surface area contributed by atoms with Crippen molar-refractivity contribution in [1.29, 1.82) is 0 Å². The Morgan fingerprint density at radius 3 is 2.68 bits per heavy atom. The molecular formula is C24H32N4O3. The Balaban J connectivity index is 1.29. The van der Waals surface area contributed by atoms with Gasteiger partial charge in [0.2, 0.25) is 11.8 Å². The molecule has 7 nitrogen and oxygen atoms in total. The van der Waals surface area contributed by atoms with Crippen LogP contribution in [0.25, 0.3) is 0 Å². The molecule has 0 radical (unpaired) electrons. The van der Waals surface area contributed by atoms with Crippen LogP contribution >= 0.6 is 0 Å². The van der Waals surface area contributed by atoms with E-state index in [1.54, 1.807) is 4.90 Å². The number of fused-ring (bicyclic) bond motifs is 1. The predicted molar refractivity (Wildman–Crippen MR) is 116 cm³/mol. The van der Waals surface area contributed by atoms with E-state index in [1.807, 2.05) is 6.07 Å². The molecule has 7 heteroatoms. The first-order valence-corrected chi connectivity index (χ1v) is 11.8. The number of rotatable bonds is 4. The van der Waals surface area contributed by atoms with E-state index in [4.69, 9.17) is 0 Å². The highest BCUT2D eigenvalue weighted by Gasteiger charge is 2.39. The fourth-order valence-electron chi connectivity index (χ4n) is 5.84. The fourth-order valence-corrected chi connectivity index (χ4v) is 5.84. The Labute approximate surface area is 183 Å². The molecule has 0 saturated carbocycles. The van der Waals surface area contributed by atoms with Gasteiger partial charge < -0.3 is 10.2 Å². The van der Waals surface area contributed by atoms with Crippen LogP contribution in [-0.4, -0.2) is 58.7 Å². The van der Waals surface area contributed by atoms with Crippen LogP contribution in [0.15, 0.2) is 18.2 Å². The molecule has 0 bridgehead atoms. The molecule has 5 rings (SSSR count). The van der Waals surface area contributed by atoms with Crippen LogP contribution in [0.5, 0.6) is 0 Å². The minimum atomic E-state index is -0.551. The second-order valence-electron chi connectivity index (χ2n) is 9.48. The van der Waals surface area contributed by atoms with Gasteiger partial charge in [0.25, 0.3) is 5.91 Å². The van der Waals surface area contributed by atoms with Crippen molar-refractivity contribution in [3.05, 3.63) is 34.9 Å². The van der Waals surface area contributed by atoms with Crippen molar-refractivity contribution in [3.63, 3.8) is 0 Å². The molecule has 2 N–H and O–H groups in total. The number of hydrogen-bond acceptors (Lipinski definition) is 5. The first kappa shape index (κ1) is 20.6. The monoisotopic (exact) mass is 424 g/mol. The summed E-state index contributed by atoms with van der Waals surface area (Å²) >= 11 is 0. The van der Waals surface area contributed by atoms with Crippen molar-refractivity contribution in [2.45, 2.75) is 82.6 Å². The molecule has 3 fully saturated rings. The summed E-state index contributed by atoms with van der Waals surface area (Å²) in [4.78, 5) is 40.9. The molecular weight excluding hydrogens is 392 g/mol. The smallest absolute Gasteiger partial charge is 0.255 e. The van der Waals surface area contributed by atoms with E-state index in [2.05, 4.69) is 27.7 Å². The maximum atomic E-state index is 12.9. The van der Waals surface area contributed by atoms with Gasteiger partial charge in [0.1, 0.15) is 6.04 Å². The van der Waals surface area contributed by atoms with Crippen molar-refractivity contribution in [2.24, 2.45) is 0 Å². The molecule has 3 saturated heterocycles. The average Bonchev–Trinajstić information content (AvgIpc) is 3.10. The SMILES string of the molecule is O=C1CCC(N2Cc3cc(CN4CCCCC4C4CCCCN4)ccc3C2=O)C(=O)N1. The average molecular weight is 425 g/mol. The summed E-state index contributed by atoms with van der Waals surface area (Å²) < 4.78 is 0. The molecule has 1 aromatic carbocycles. The highest BCUT2D eigenvalue weighted by molar-refractivity contribution is 6.05. The number of carbonyl (C=O) groups is 3. The summed E-state index contributed by atoms with van der Waals surface area (Å²) in [6.45, 7) is 3.61. The van der Waals surface area contributed by atoms with E-state index < -0.39 is 6.04 Å². The van der Waals surface area contributed by atoms with Gasteiger partial charge in [-0.25, -0.2) is 0 Å². The van der Waals surface area contributed by atoms with Gasteiger partial charge in [-0.2, -0.15) is 0 Å². The van der Waals surface area contributed by atoms with Crippen LogP contribution in [0.2, 0.25) is 0 Å². The van der Waals surface area contributed by atoms with E-state index in [1.165, 1.54) is 44.1 Å².